The van der Waals surface area contributed by atoms with Gasteiger partial charge in [0.2, 0.25) is 0 Å². The normalized spacial score (nSPS) is 16.2. The van der Waals surface area contributed by atoms with Gasteiger partial charge in [-0.2, -0.15) is 0 Å². The van der Waals surface area contributed by atoms with E-state index in [-0.39, 0.29) is 5.91 Å². The second kappa shape index (κ2) is 6.14. The molecule has 0 unspecified atom stereocenters. The monoisotopic (exact) mass is 322 g/mol. The number of halogens is 1. The molecule has 3 heterocycles. The summed E-state index contributed by atoms with van der Waals surface area (Å²) in [7, 11) is 1.84. The Morgan fingerprint density at radius 3 is 2.59 bits per heavy atom. The quantitative estimate of drug-likeness (QED) is 0.866. The van der Waals surface area contributed by atoms with E-state index in [4.69, 9.17) is 16.1 Å². The van der Waals surface area contributed by atoms with Crippen LogP contribution in [0.2, 0.25) is 5.02 Å². The molecule has 3 rings (SSSR count). The molecule has 6 nitrogen and oxygen atoms in total. The number of nitrogens with zero attached hydrogens (tertiary/aromatic N) is 4. The molecule has 0 N–H and O–H groups in total. The lowest BCUT2D eigenvalue weighted by Crippen LogP contribution is -2.48. The number of aryl methyl sites for hydroxylation is 2. The first kappa shape index (κ1) is 15.1. The largest absolute Gasteiger partial charge is 0.361 e. The van der Waals surface area contributed by atoms with Crippen LogP contribution in [0.3, 0.4) is 0 Å². The summed E-state index contributed by atoms with van der Waals surface area (Å²) in [6.07, 6.45) is 1.75. The highest BCUT2D eigenvalue weighted by Crippen LogP contribution is 2.16. The molecule has 0 aromatic carbocycles. The minimum absolute atomic E-state index is 0.0336. The van der Waals surface area contributed by atoms with Crippen LogP contribution >= 0.6 is 11.6 Å². The van der Waals surface area contributed by atoms with E-state index in [1.807, 2.05) is 24.9 Å². The second-order valence-corrected chi connectivity index (χ2v) is 6.09. The summed E-state index contributed by atoms with van der Waals surface area (Å²) < 4.78 is 6.86. The molecular formula is C15H19ClN4O2. The zero-order valence-corrected chi connectivity index (χ0v) is 13.5. The van der Waals surface area contributed by atoms with Crippen molar-refractivity contribution in [1.82, 2.24) is 19.5 Å². The third-order valence-electron chi connectivity index (χ3n) is 3.91. The van der Waals surface area contributed by atoms with Crippen molar-refractivity contribution in [3.8, 4) is 0 Å². The average Bonchev–Trinajstić information content (AvgIpc) is 3.04. The van der Waals surface area contributed by atoms with Gasteiger partial charge in [0.05, 0.1) is 10.7 Å². The lowest BCUT2D eigenvalue weighted by atomic mass is 10.2. The molecule has 0 atom stereocenters. The van der Waals surface area contributed by atoms with Crippen molar-refractivity contribution in [2.75, 3.05) is 26.2 Å². The maximum Gasteiger partial charge on any atom is 0.270 e. The number of amides is 1. The molecule has 7 heteroatoms. The molecule has 2 aromatic heterocycles. The van der Waals surface area contributed by atoms with Crippen molar-refractivity contribution in [2.24, 2.45) is 7.05 Å². The van der Waals surface area contributed by atoms with Gasteiger partial charge in [-0.25, -0.2) is 0 Å². The number of carbonyl (C=O) groups is 1. The zero-order chi connectivity index (χ0) is 15.7. The third kappa shape index (κ3) is 3.18. The summed E-state index contributed by atoms with van der Waals surface area (Å²) in [4.78, 5) is 16.7. The minimum atomic E-state index is 0.0336. The fourth-order valence-electron chi connectivity index (χ4n) is 2.73. The van der Waals surface area contributed by atoms with Crippen molar-refractivity contribution in [3.05, 3.63) is 40.5 Å². The van der Waals surface area contributed by atoms with Crippen LogP contribution < -0.4 is 0 Å². The van der Waals surface area contributed by atoms with Crippen LogP contribution in [0.15, 0.2) is 22.9 Å². The number of carbonyl (C=O) groups excluding carboxylic acids is 1. The fraction of sp³-hybridized carbons (Fsp3) is 0.467. The van der Waals surface area contributed by atoms with E-state index in [0.29, 0.717) is 23.8 Å². The first-order chi connectivity index (χ1) is 10.5. The first-order valence-electron chi connectivity index (χ1n) is 7.28. The molecule has 2 aromatic rings. The number of aromatic nitrogens is 2. The molecule has 118 valence electrons. The minimum Gasteiger partial charge on any atom is -0.361 e. The van der Waals surface area contributed by atoms with E-state index in [9.17, 15) is 4.79 Å². The highest BCUT2D eigenvalue weighted by Gasteiger charge is 2.24. The molecule has 0 bridgehead atoms. The van der Waals surface area contributed by atoms with Gasteiger partial charge in [-0.15, -0.1) is 0 Å². The van der Waals surface area contributed by atoms with Gasteiger partial charge in [-0.3, -0.25) is 9.69 Å². The molecule has 1 aliphatic heterocycles. The van der Waals surface area contributed by atoms with Gasteiger partial charge in [-0.05, 0) is 13.0 Å². The third-order valence-corrected chi connectivity index (χ3v) is 4.12. The summed E-state index contributed by atoms with van der Waals surface area (Å²) >= 11 is 5.95. The Labute approximate surface area is 134 Å². The Morgan fingerprint density at radius 1 is 1.32 bits per heavy atom. The van der Waals surface area contributed by atoms with Crippen molar-refractivity contribution < 1.29 is 9.32 Å². The molecule has 1 amide bonds. The predicted molar refractivity (Wildman–Crippen MR) is 82.8 cm³/mol. The Hall–Kier alpha value is -1.79. The van der Waals surface area contributed by atoms with Crippen molar-refractivity contribution in [1.29, 1.82) is 0 Å². The standard InChI is InChI=1S/C15H19ClN4O2/c1-11-7-13(17-22-11)10-19-3-5-20(6-4-19)15(21)14-8-12(16)9-18(14)2/h7-9H,3-6,10H2,1-2H3. The summed E-state index contributed by atoms with van der Waals surface area (Å²) in [5, 5.41) is 4.60. The molecule has 1 fully saturated rings. The van der Waals surface area contributed by atoms with Crippen LogP contribution in [0.4, 0.5) is 0 Å². The van der Waals surface area contributed by atoms with Gasteiger partial charge in [-0.1, -0.05) is 16.8 Å². The second-order valence-electron chi connectivity index (χ2n) is 5.65. The molecule has 0 spiro atoms. The van der Waals surface area contributed by atoms with Crippen LogP contribution in [0.5, 0.6) is 0 Å². The van der Waals surface area contributed by atoms with Crippen LogP contribution in [0.1, 0.15) is 21.9 Å². The Bertz CT molecular complexity index is 671. The van der Waals surface area contributed by atoms with Gasteiger partial charge < -0.3 is 14.0 Å². The SMILES string of the molecule is Cc1cc(CN2CCN(C(=O)c3cc(Cl)cn3C)CC2)no1. The van der Waals surface area contributed by atoms with E-state index in [1.54, 1.807) is 16.8 Å². The van der Waals surface area contributed by atoms with Gasteiger partial charge in [0.15, 0.2) is 0 Å². The van der Waals surface area contributed by atoms with E-state index in [2.05, 4.69) is 10.1 Å². The van der Waals surface area contributed by atoms with Crippen molar-refractivity contribution in [2.45, 2.75) is 13.5 Å². The molecule has 0 aliphatic carbocycles. The van der Waals surface area contributed by atoms with Gasteiger partial charge in [0.1, 0.15) is 11.5 Å². The average molecular weight is 323 g/mol. The summed E-state index contributed by atoms with van der Waals surface area (Å²) in [6.45, 7) is 5.72. The lowest BCUT2D eigenvalue weighted by molar-refractivity contribution is 0.0616. The van der Waals surface area contributed by atoms with E-state index < -0.39 is 0 Å². The molecule has 0 radical (unpaired) electrons. The van der Waals surface area contributed by atoms with Gasteiger partial charge >= 0.3 is 0 Å². The van der Waals surface area contributed by atoms with E-state index in [0.717, 1.165) is 31.1 Å². The lowest BCUT2D eigenvalue weighted by Gasteiger charge is -2.34. The van der Waals surface area contributed by atoms with E-state index >= 15 is 0 Å². The topological polar surface area (TPSA) is 54.5 Å². The number of hydrogen-bond donors (Lipinski definition) is 0. The van der Waals surface area contributed by atoms with Gasteiger partial charge in [0.25, 0.3) is 5.91 Å². The highest BCUT2D eigenvalue weighted by molar-refractivity contribution is 6.31. The van der Waals surface area contributed by atoms with Crippen molar-refractivity contribution >= 4 is 17.5 Å². The smallest absolute Gasteiger partial charge is 0.270 e. The molecule has 22 heavy (non-hydrogen) atoms. The summed E-state index contributed by atoms with van der Waals surface area (Å²) in [6, 6.07) is 3.66. The maximum atomic E-state index is 12.5. The van der Waals surface area contributed by atoms with Crippen molar-refractivity contribution in [3.63, 3.8) is 0 Å². The van der Waals surface area contributed by atoms with Crippen LogP contribution in [-0.2, 0) is 13.6 Å². The summed E-state index contributed by atoms with van der Waals surface area (Å²) in [5.41, 5.74) is 1.57. The maximum absolute atomic E-state index is 12.5. The summed E-state index contributed by atoms with van der Waals surface area (Å²) in [5.74, 6) is 0.857. The zero-order valence-electron chi connectivity index (χ0n) is 12.8. The van der Waals surface area contributed by atoms with Crippen LogP contribution in [-0.4, -0.2) is 51.6 Å². The number of piperazine rings is 1. The molecular weight excluding hydrogens is 304 g/mol. The highest BCUT2D eigenvalue weighted by atomic mass is 35.5. The number of rotatable bonds is 3. The molecule has 0 saturated carbocycles. The predicted octanol–water partition coefficient (Wildman–Crippen LogP) is 1.93. The van der Waals surface area contributed by atoms with E-state index in [1.165, 1.54) is 0 Å². The van der Waals surface area contributed by atoms with Crippen LogP contribution in [0.25, 0.3) is 0 Å². The fourth-order valence-corrected chi connectivity index (χ4v) is 2.98. The number of hydrogen-bond acceptors (Lipinski definition) is 4. The Kier molecular flexibility index (Phi) is 4.22. The molecule has 1 aliphatic rings. The molecule has 1 saturated heterocycles. The Balaban J connectivity index is 1.57. The first-order valence-corrected chi connectivity index (χ1v) is 7.66. The van der Waals surface area contributed by atoms with Gasteiger partial charge in [0, 0.05) is 52.0 Å². The van der Waals surface area contributed by atoms with Crippen LogP contribution in [0, 0.1) is 6.92 Å². The Morgan fingerprint density at radius 2 is 2.05 bits per heavy atom.